The van der Waals surface area contributed by atoms with Crippen molar-refractivity contribution in [2.45, 2.75) is 271 Å². The number of hydrogen-bond acceptors (Lipinski definition) is 6. The van der Waals surface area contributed by atoms with Crippen molar-refractivity contribution in [2.24, 2.45) is 0 Å². The van der Waals surface area contributed by atoms with Crippen LogP contribution in [0.15, 0.2) is 72.9 Å². The van der Waals surface area contributed by atoms with Gasteiger partial charge in [0.15, 0.2) is 6.10 Å². The number of carbonyl (C=O) groups is 3. The summed E-state index contributed by atoms with van der Waals surface area (Å²) in [6.45, 7) is 6.49. The molecule has 374 valence electrons. The number of allylic oxidation sites excluding steroid dienone is 12. The van der Waals surface area contributed by atoms with Gasteiger partial charge in [-0.25, -0.2) is 0 Å². The van der Waals surface area contributed by atoms with Crippen LogP contribution in [0.25, 0.3) is 0 Å². The Bertz CT molecular complexity index is 1230. The molecular formula is C59H102O6. The Kier molecular flexibility index (Phi) is 50.9. The summed E-state index contributed by atoms with van der Waals surface area (Å²) in [4.78, 5) is 38.1. The van der Waals surface area contributed by atoms with Crippen molar-refractivity contribution < 1.29 is 28.6 Å². The number of carbonyl (C=O) groups excluding carboxylic acids is 3. The molecular weight excluding hydrogens is 805 g/mol. The van der Waals surface area contributed by atoms with Gasteiger partial charge in [-0.05, 0) is 89.9 Å². The molecule has 0 fully saturated rings. The largest absolute Gasteiger partial charge is 0.462 e. The fourth-order valence-electron chi connectivity index (χ4n) is 7.58. The fraction of sp³-hybridized carbons (Fsp3) is 0.746. The van der Waals surface area contributed by atoms with Gasteiger partial charge >= 0.3 is 17.9 Å². The maximum absolute atomic E-state index is 12.8. The molecule has 6 heteroatoms. The summed E-state index contributed by atoms with van der Waals surface area (Å²) in [6, 6.07) is 0. The zero-order valence-electron chi connectivity index (χ0n) is 42.7. The van der Waals surface area contributed by atoms with E-state index in [2.05, 4.69) is 93.7 Å². The van der Waals surface area contributed by atoms with Gasteiger partial charge in [0.2, 0.25) is 0 Å². The summed E-state index contributed by atoms with van der Waals surface area (Å²) in [7, 11) is 0. The standard InChI is InChI=1S/C59H102O6/c1-4-7-10-13-16-19-22-25-27-29-31-32-34-37-40-43-46-49-52-58(61)64-55-56(54-63-57(60)51-48-45-42-39-36-24-21-18-15-12-9-6-3)65-59(62)53-50-47-44-41-38-35-33-30-28-26-23-20-17-14-11-8-5-2/h8,11,17,19-20,22,26-29,33,35,56H,4-7,9-10,12-16,18,21,23-25,30-32,34,36-55H2,1-3H3/b11-8-,20-17-,22-19-,28-26-,29-27-,35-33-. The van der Waals surface area contributed by atoms with Crippen LogP contribution in [0.3, 0.4) is 0 Å². The lowest BCUT2D eigenvalue weighted by Gasteiger charge is -2.18. The maximum Gasteiger partial charge on any atom is 0.306 e. The lowest BCUT2D eigenvalue weighted by molar-refractivity contribution is -0.167. The van der Waals surface area contributed by atoms with E-state index >= 15 is 0 Å². The molecule has 0 saturated carbocycles. The van der Waals surface area contributed by atoms with Crippen LogP contribution in [0.1, 0.15) is 265 Å². The molecule has 0 aromatic rings. The summed E-state index contributed by atoms with van der Waals surface area (Å²) in [6.07, 6.45) is 67.4. The minimum atomic E-state index is -0.790. The molecule has 1 unspecified atom stereocenters. The predicted octanol–water partition coefficient (Wildman–Crippen LogP) is 18.2. The van der Waals surface area contributed by atoms with Gasteiger partial charge in [0.25, 0.3) is 0 Å². The second kappa shape index (κ2) is 53.5. The van der Waals surface area contributed by atoms with E-state index in [9.17, 15) is 14.4 Å². The summed E-state index contributed by atoms with van der Waals surface area (Å²) >= 11 is 0. The van der Waals surface area contributed by atoms with Crippen LogP contribution in [0.4, 0.5) is 0 Å². The van der Waals surface area contributed by atoms with Crippen LogP contribution in [0, 0.1) is 0 Å². The van der Waals surface area contributed by atoms with Crippen molar-refractivity contribution in [3.8, 4) is 0 Å². The SMILES string of the molecule is CC/C=C\C/C=C\C/C=C\C/C=C\CCCCCCC(=O)OC(COC(=O)CCCCCCCCC/C=C\C/C=C\CCCCCC)COC(=O)CCCCCCCCCCCCCC. The molecule has 0 heterocycles. The van der Waals surface area contributed by atoms with Gasteiger partial charge in [-0.2, -0.15) is 0 Å². The molecule has 0 aromatic heterocycles. The lowest BCUT2D eigenvalue weighted by atomic mass is 10.0. The average Bonchev–Trinajstić information content (AvgIpc) is 3.30. The van der Waals surface area contributed by atoms with Gasteiger partial charge < -0.3 is 14.2 Å². The monoisotopic (exact) mass is 907 g/mol. The minimum Gasteiger partial charge on any atom is -0.462 e. The quantitative estimate of drug-likeness (QED) is 0.0262. The van der Waals surface area contributed by atoms with Gasteiger partial charge in [0.05, 0.1) is 0 Å². The van der Waals surface area contributed by atoms with E-state index in [0.717, 1.165) is 109 Å². The Balaban J connectivity index is 4.42. The second-order valence-corrected chi connectivity index (χ2v) is 18.1. The highest BCUT2D eigenvalue weighted by atomic mass is 16.6. The smallest absolute Gasteiger partial charge is 0.306 e. The molecule has 0 aliphatic heterocycles. The first-order valence-corrected chi connectivity index (χ1v) is 27.4. The van der Waals surface area contributed by atoms with Crippen LogP contribution < -0.4 is 0 Å². The van der Waals surface area contributed by atoms with Gasteiger partial charge in [-0.3, -0.25) is 14.4 Å². The van der Waals surface area contributed by atoms with E-state index in [-0.39, 0.29) is 31.1 Å². The second-order valence-electron chi connectivity index (χ2n) is 18.1. The highest BCUT2D eigenvalue weighted by Crippen LogP contribution is 2.15. The molecule has 0 amide bonds. The summed E-state index contributed by atoms with van der Waals surface area (Å²) in [5, 5.41) is 0. The van der Waals surface area contributed by atoms with Crippen LogP contribution >= 0.6 is 0 Å². The lowest BCUT2D eigenvalue weighted by Crippen LogP contribution is -2.30. The first kappa shape index (κ1) is 61.9. The molecule has 6 nitrogen and oxygen atoms in total. The summed E-state index contributed by atoms with van der Waals surface area (Å²) in [5.41, 5.74) is 0. The predicted molar refractivity (Wildman–Crippen MR) is 279 cm³/mol. The Morgan fingerprint density at radius 3 is 0.954 bits per heavy atom. The van der Waals surface area contributed by atoms with Crippen LogP contribution in [0.2, 0.25) is 0 Å². The molecule has 0 aliphatic carbocycles. The van der Waals surface area contributed by atoms with Gasteiger partial charge in [-0.1, -0.05) is 229 Å². The molecule has 1 atom stereocenters. The van der Waals surface area contributed by atoms with Crippen LogP contribution in [-0.2, 0) is 28.6 Å². The van der Waals surface area contributed by atoms with E-state index in [1.54, 1.807) is 0 Å². The number of esters is 3. The minimum absolute atomic E-state index is 0.0863. The molecule has 65 heavy (non-hydrogen) atoms. The highest BCUT2D eigenvalue weighted by molar-refractivity contribution is 5.71. The van der Waals surface area contributed by atoms with Crippen molar-refractivity contribution >= 4 is 17.9 Å². The number of hydrogen-bond donors (Lipinski definition) is 0. The number of rotatable bonds is 49. The first-order chi connectivity index (χ1) is 32.0. The maximum atomic E-state index is 12.8. The normalized spacial score (nSPS) is 12.6. The Morgan fingerprint density at radius 1 is 0.323 bits per heavy atom. The zero-order valence-corrected chi connectivity index (χ0v) is 42.7. The van der Waals surface area contributed by atoms with Crippen molar-refractivity contribution in [1.29, 1.82) is 0 Å². The van der Waals surface area contributed by atoms with E-state index < -0.39 is 6.10 Å². The number of unbranched alkanes of at least 4 members (excludes halogenated alkanes) is 26. The van der Waals surface area contributed by atoms with Crippen LogP contribution in [0.5, 0.6) is 0 Å². The van der Waals surface area contributed by atoms with Crippen molar-refractivity contribution in [2.75, 3.05) is 13.2 Å². The molecule has 0 aromatic carbocycles. The van der Waals surface area contributed by atoms with Crippen molar-refractivity contribution in [1.82, 2.24) is 0 Å². The molecule has 0 aliphatic rings. The fourth-order valence-corrected chi connectivity index (χ4v) is 7.58. The van der Waals surface area contributed by atoms with Crippen molar-refractivity contribution in [3.63, 3.8) is 0 Å². The van der Waals surface area contributed by atoms with Crippen molar-refractivity contribution in [3.05, 3.63) is 72.9 Å². The van der Waals surface area contributed by atoms with Crippen LogP contribution in [-0.4, -0.2) is 37.2 Å². The molecule has 0 radical (unpaired) electrons. The summed E-state index contributed by atoms with van der Waals surface area (Å²) < 4.78 is 16.8. The zero-order chi connectivity index (χ0) is 47.2. The average molecular weight is 907 g/mol. The summed E-state index contributed by atoms with van der Waals surface area (Å²) in [5.74, 6) is -0.913. The molecule has 0 rings (SSSR count). The van der Waals surface area contributed by atoms with E-state index in [1.165, 1.54) is 116 Å². The van der Waals surface area contributed by atoms with E-state index in [0.29, 0.717) is 19.3 Å². The van der Waals surface area contributed by atoms with Gasteiger partial charge in [0, 0.05) is 19.3 Å². The third-order valence-corrected chi connectivity index (χ3v) is 11.7. The Labute approximate surface area is 402 Å². The third kappa shape index (κ3) is 51.7. The van der Waals surface area contributed by atoms with E-state index in [1.807, 2.05) is 0 Å². The molecule has 0 saturated heterocycles. The Morgan fingerprint density at radius 2 is 0.600 bits per heavy atom. The molecule has 0 spiro atoms. The third-order valence-electron chi connectivity index (χ3n) is 11.7. The first-order valence-electron chi connectivity index (χ1n) is 27.4. The highest BCUT2D eigenvalue weighted by Gasteiger charge is 2.19. The molecule has 0 bridgehead atoms. The number of ether oxygens (including phenoxy) is 3. The molecule has 0 N–H and O–H groups in total. The topological polar surface area (TPSA) is 78.9 Å². The Hall–Kier alpha value is -3.15. The van der Waals surface area contributed by atoms with Gasteiger partial charge in [0.1, 0.15) is 13.2 Å². The van der Waals surface area contributed by atoms with E-state index in [4.69, 9.17) is 14.2 Å². The van der Waals surface area contributed by atoms with Gasteiger partial charge in [-0.15, -0.1) is 0 Å².